The number of H-pyrrole nitrogens is 1. The van der Waals surface area contributed by atoms with Crippen LogP contribution >= 0.6 is 0 Å². The first-order chi connectivity index (χ1) is 9.21. The molecular formula is C14H16N2O3. The highest BCUT2D eigenvalue weighted by Gasteiger charge is 2.14. The predicted octanol–water partition coefficient (Wildman–Crippen LogP) is 2.02. The molecule has 0 saturated carbocycles. The molecule has 0 atom stereocenters. The fraction of sp³-hybridized carbons (Fsp3) is 0.286. The topological polar surface area (TPSA) is 64.2 Å². The van der Waals surface area contributed by atoms with Crippen molar-refractivity contribution >= 4 is 0 Å². The van der Waals surface area contributed by atoms with Crippen molar-refractivity contribution in [2.75, 3.05) is 14.2 Å². The van der Waals surface area contributed by atoms with E-state index in [0.29, 0.717) is 29.2 Å². The van der Waals surface area contributed by atoms with Crippen molar-refractivity contribution in [1.29, 1.82) is 0 Å². The van der Waals surface area contributed by atoms with Crippen molar-refractivity contribution in [3.63, 3.8) is 0 Å². The monoisotopic (exact) mass is 260 g/mol. The summed E-state index contributed by atoms with van der Waals surface area (Å²) in [4.78, 5) is 18.7. The van der Waals surface area contributed by atoms with E-state index in [1.54, 1.807) is 26.4 Å². The average molecular weight is 260 g/mol. The van der Waals surface area contributed by atoms with Crippen LogP contribution in [0.25, 0.3) is 11.3 Å². The van der Waals surface area contributed by atoms with Crippen molar-refractivity contribution in [2.45, 2.75) is 13.3 Å². The first-order valence-electron chi connectivity index (χ1n) is 6.00. The Balaban J connectivity index is 2.70. The van der Waals surface area contributed by atoms with Crippen LogP contribution in [0.15, 0.2) is 29.3 Å². The zero-order valence-corrected chi connectivity index (χ0v) is 11.2. The Morgan fingerprint density at radius 2 is 2.05 bits per heavy atom. The van der Waals surface area contributed by atoms with Gasteiger partial charge in [-0.25, -0.2) is 4.98 Å². The highest BCUT2D eigenvalue weighted by Crippen LogP contribution is 2.33. The number of aromatic nitrogens is 2. The lowest BCUT2D eigenvalue weighted by Gasteiger charge is -2.12. The van der Waals surface area contributed by atoms with Gasteiger partial charge in [0.05, 0.1) is 26.2 Å². The van der Waals surface area contributed by atoms with Crippen LogP contribution < -0.4 is 15.0 Å². The molecule has 1 aromatic heterocycles. The Kier molecular flexibility index (Phi) is 3.85. The summed E-state index contributed by atoms with van der Waals surface area (Å²) in [5, 5.41) is 0. The molecule has 1 aromatic carbocycles. The average Bonchev–Trinajstić information content (AvgIpc) is 2.46. The van der Waals surface area contributed by atoms with Crippen molar-refractivity contribution < 1.29 is 9.47 Å². The van der Waals surface area contributed by atoms with Crippen LogP contribution in [0.4, 0.5) is 0 Å². The number of nitrogens with one attached hydrogen (secondary N) is 1. The molecule has 0 amide bonds. The van der Waals surface area contributed by atoms with Gasteiger partial charge in [-0.15, -0.1) is 0 Å². The summed E-state index contributed by atoms with van der Waals surface area (Å²) < 4.78 is 10.5. The standard InChI is InChI=1S/C14H16N2O3/c1-4-10-13(15-8-16-14(10)17)11-7-9(18-2)5-6-12(11)19-3/h5-8H,4H2,1-3H3,(H,15,16,17). The molecular weight excluding hydrogens is 244 g/mol. The summed E-state index contributed by atoms with van der Waals surface area (Å²) in [7, 11) is 3.18. The lowest BCUT2D eigenvalue weighted by Crippen LogP contribution is -2.14. The molecule has 0 aliphatic heterocycles. The Hall–Kier alpha value is -2.30. The van der Waals surface area contributed by atoms with Gasteiger partial charge in [0, 0.05) is 11.1 Å². The lowest BCUT2D eigenvalue weighted by molar-refractivity contribution is 0.404. The molecule has 0 bridgehead atoms. The number of methoxy groups -OCH3 is 2. The number of hydrogen-bond acceptors (Lipinski definition) is 4. The first-order valence-corrected chi connectivity index (χ1v) is 6.00. The maximum absolute atomic E-state index is 11.8. The van der Waals surface area contributed by atoms with Crippen molar-refractivity contribution in [3.05, 3.63) is 40.4 Å². The smallest absolute Gasteiger partial charge is 0.254 e. The number of nitrogens with zero attached hydrogens (tertiary/aromatic N) is 1. The van der Waals surface area contributed by atoms with Gasteiger partial charge in [0.2, 0.25) is 0 Å². The van der Waals surface area contributed by atoms with Gasteiger partial charge in [0.1, 0.15) is 11.5 Å². The molecule has 1 heterocycles. The van der Waals surface area contributed by atoms with E-state index in [1.807, 2.05) is 13.0 Å². The molecule has 0 fully saturated rings. The van der Waals surface area contributed by atoms with Gasteiger partial charge in [-0.2, -0.15) is 0 Å². The molecule has 2 aromatic rings. The molecule has 0 radical (unpaired) electrons. The van der Waals surface area contributed by atoms with Gasteiger partial charge in [0.25, 0.3) is 5.56 Å². The first kappa shape index (κ1) is 13.1. The van der Waals surface area contributed by atoms with Gasteiger partial charge in [0.15, 0.2) is 0 Å². The second kappa shape index (κ2) is 5.56. The van der Waals surface area contributed by atoms with E-state index in [2.05, 4.69) is 9.97 Å². The summed E-state index contributed by atoms with van der Waals surface area (Å²) in [6.45, 7) is 1.92. The van der Waals surface area contributed by atoms with Crippen molar-refractivity contribution in [1.82, 2.24) is 9.97 Å². The summed E-state index contributed by atoms with van der Waals surface area (Å²) in [6.07, 6.45) is 1.99. The maximum atomic E-state index is 11.8. The second-order valence-corrected chi connectivity index (χ2v) is 3.98. The van der Waals surface area contributed by atoms with Crippen molar-refractivity contribution in [3.8, 4) is 22.8 Å². The molecule has 2 rings (SSSR count). The zero-order valence-electron chi connectivity index (χ0n) is 11.2. The minimum absolute atomic E-state index is 0.127. The molecule has 100 valence electrons. The van der Waals surface area contributed by atoms with Gasteiger partial charge in [-0.05, 0) is 24.6 Å². The Labute approximate surface area is 111 Å². The normalized spacial score (nSPS) is 10.3. The third-order valence-electron chi connectivity index (χ3n) is 2.96. The van der Waals surface area contributed by atoms with Crippen LogP contribution in [0.1, 0.15) is 12.5 Å². The lowest BCUT2D eigenvalue weighted by atomic mass is 10.0. The maximum Gasteiger partial charge on any atom is 0.254 e. The fourth-order valence-electron chi connectivity index (χ4n) is 1.99. The fourth-order valence-corrected chi connectivity index (χ4v) is 1.99. The number of benzene rings is 1. The number of rotatable bonds is 4. The summed E-state index contributed by atoms with van der Waals surface area (Å²) in [5.74, 6) is 1.36. The largest absolute Gasteiger partial charge is 0.497 e. The van der Waals surface area contributed by atoms with E-state index < -0.39 is 0 Å². The van der Waals surface area contributed by atoms with Gasteiger partial charge < -0.3 is 14.5 Å². The third-order valence-corrected chi connectivity index (χ3v) is 2.96. The molecule has 0 unspecified atom stereocenters. The van der Waals surface area contributed by atoms with Gasteiger partial charge in [-0.1, -0.05) is 6.92 Å². The molecule has 0 spiro atoms. The minimum Gasteiger partial charge on any atom is -0.497 e. The molecule has 5 nitrogen and oxygen atoms in total. The Morgan fingerprint density at radius 1 is 1.26 bits per heavy atom. The van der Waals surface area contributed by atoms with Crippen LogP contribution in [-0.4, -0.2) is 24.2 Å². The summed E-state index contributed by atoms with van der Waals surface area (Å²) in [5.41, 5.74) is 1.89. The molecule has 19 heavy (non-hydrogen) atoms. The summed E-state index contributed by atoms with van der Waals surface area (Å²) in [6, 6.07) is 5.43. The third kappa shape index (κ3) is 2.45. The SMILES string of the molecule is CCc1c(-c2cc(OC)ccc2OC)nc[nH]c1=O. The van der Waals surface area contributed by atoms with Crippen molar-refractivity contribution in [2.24, 2.45) is 0 Å². The molecule has 1 N–H and O–H groups in total. The highest BCUT2D eigenvalue weighted by molar-refractivity contribution is 5.71. The Morgan fingerprint density at radius 3 is 2.68 bits per heavy atom. The number of ether oxygens (including phenoxy) is 2. The Bertz CT molecular complexity index is 635. The van der Waals surface area contributed by atoms with Crippen LogP contribution in [-0.2, 0) is 6.42 Å². The minimum atomic E-state index is -0.127. The summed E-state index contributed by atoms with van der Waals surface area (Å²) >= 11 is 0. The number of aromatic amines is 1. The van der Waals surface area contributed by atoms with E-state index in [-0.39, 0.29) is 5.56 Å². The quantitative estimate of drug-likeness (QED) is 0.913. The van der Waals surface area contributed by atoms with Gasteiger partial charge >= 0.3 is 0 Å². The number of hydrogen-bond donors (Lipinski definition) is 1. The van der Waals surface area contributed by atoms with E-state index in [1.165, 1.54) is 6.33 Å². The second-order valence-electron chi connectivity index (χ2n) is 3.98. The molecule has 0 saturated heterocycles. The van der Waals surface area contributed by atoms with E-state index in [4.69, 9.17) is 9.47 Å². The van der Waals surface area contributed by atoms with Crippen LogP contribution in [0.3, 0.4) is 0 Å². The van der Waals surface area contributed by atoms with E-state index >= 15 is 0 Å². The van der Waals surface area contributed by atoms with E-state index in [0.717, 1.165) is 5.56 Å². The van der Waals surface area contributed by atoms with Crippen LogP contribution in [0.5, 0.6) is 11.5 Å². The molecule has 0 aliphatic carbocycles. The van der Waals surface area contributed by atoms with Gasteiger partial charge in [-0.3, -0.25) is 4.79 Å². The molecule has 0 aliphatic rings. The molecule has 5 heteroatoms. The highest BCUT2D eigenvalue weighted by atomic mass is 16.5. The van der Waals surface area contributed by atoms with Crippen LogP contribution in [0, 0.1) is 0 Å². The van der Waals surface area contributed by atoms with Crippen LogP contribution in [0.2, 0.25) is 0 Å². The van der Waals surface area contributed by atoms with E-state index in [9.17, 15) is 4.79 Å². The predicted molar refractivity (Wildman–Crippen MR) is 72.8 cm³/mol. The zero-order chi connectivity index (χ0) is 13.8.